The molecule has 2 atom stereocenters. The fourth-order valence-corrected chi connectivity index (χ4v) is 6.09. The van der Waals surface area contributed by atoms with E-state index in [4.69, 9.17) is 15.5 Å². The van der Waals surface area contributed by atoms with Gasteiger partial charge in [-0.25, -0.2) is 9.37 Å². The molecule has 1 aliphatic carbocycles. The molecule has 0 spiro atoms. The number of methoxy groups -OCH3 is 1. The van der Waals surface area contributed by atoms with Crippen molar-refractivity contribution >= 4 is 27.8 Å². The van der Waals surface area contributed by atoms with Crippen molar-refractivity contribution in [1.29, 1.82) is 0 Å². The molecule has 4 heterocycles. The Morgan fingerprint density at radius 3 is 2.66 bits per heavy atom. The number of hydrogen-bond donors (Lipinski definition) is 1. The van der Waals surface area contributed by atoms with Crippen LogP contribution < -0.4 is 10.5 Å². The van der Waals surface area contributed by atoms with E-state index in [2.05, 4.69) is 44.5 Å². The highest BCUT2D eigenvalue weighted by Gasteiger charge is 2.31. The Morgan fingerprint density at radius 1 is 1.07 bits per heavy atom. The second-order valence-electron chi connectivity index (χ2n) is 11.3. The first-order valence-electron chi connectivity index (χ1n) is 14.2. The zero-order valence-electron chi connectivity index (χ0n) is 23.0. The predicted molar refractivity (Wildman–Crippen MR) is 157 cm³/mol. The molecule has 8 nitrogen and oxygen atoms in total. The summed E-state index contributed by atoms with van der Waals surface area (Å²) in [4.78, 5) is 24.8. The van der Waals surface area contributed by atoms with Gasteiger partial charge in [-0.1, -0.05) is 24.3 Å². The Labute approximate surface area is 237 Å². The lowest BCUT2D eigenvalue weighted by Gasteiger charge is -2.33. The predicted octanol–water partition coefficient (Wildman–Crippen LogP) is 5.03. The number of alkyl halides is 1. The lowest BCUT2D eigenvalue weighted by molar-refractivity contribution is 0.0606. The summed E-state index contributed by atoms with van der Waals surface area (Å²) in [6, 6.07) is 19.6. The highest BCUT2D eigenvalue weighted by molar-refractivity contribution is 6.00. The zero-order valence-corrected chi connectivity index (χ0v) is 23.0. The van der Waals surface area contributed by atoms with Crippen LogP contribution in [0, 0.1) is 5.92 Å². The number of aromatic nitrogens is 4. The molecule has 9 heteroatoms. The monoisotopic (exact) mass is 552 g/mol. The van der Waals surface area contributed by atoms with Crippen LogP contribution in [0.3, 0.4) is 0 Å². The maximum Gasteiger partial charge on any atom is 0.254 e. The number of pyridine rings is 1. The first-order valence-corrected chi connectivity index (χ1v) is 14.2. The van der Waals surface area contributed by atoms with Crippen LogP contribution in [0.25, 0.3) is 33.5 Å². The molecule has 0 unspecified atom stereocenters. The van der Waals surface area contributed by atoms with Gasteiger partial charge in [0.1, 0.15) is 17.4 Å². The molecule has 2 N–H and O–H groups in total. The fraction of sp³-hybridized carbons (Fsp3) is 0.344. The first kappa shape index (κ1) is 25.7. The van der Waals surface area contributed by atoms with Crippen molar-refractivity contribution in [3.63, 3.8) is 0 Å². The molecule has 0 bridgehead atoms. The highest BCUT2D eigenvalue weighted by atomic mass is 19.1. The topological polar surface area (TPSA) is 91.2 Å². The third-order valence-corrected chi connectivity index (χ3v) is 8.22. The number of piperidine rings is 1. The number of ether oxygens (including phenoxy) is 1. The summed E-state index contributed by atoms with van der Waals surface area (Å²) >= 11 is 0. The Morgan fingerprint density at radius 2 is 1.90 bits per heavy atom. The van der Waals surface area contributed by atoms with Crippen molar-refractivity contribution in [2.45, 2.75) is 44.6 Å². The molecular formula is C32H33FN6O2. The van der Waals surface area contributed by atoms with Crippen LogP contribution in [0.4, 0.5) is 4.39 Å². The van der Waals surface area contributed by atoms with Crippen LogP contribution >= 0.6 is 0 Å². The molecule has 210 valence electrons. The number of carbonyl (C=O) groups excluding carboxylic acids is 1. The van der Waals surface area contributed by atoms with Crippen molar-refractivity contribution < 1.29 is 13.9 Å². The number of para-hydroxylation sites is 1. The molecule has 0 radical (unpaired) electrons. The average Bonchev–Trinajstić information content (AvgIpc) is 3.63. The Hall–Kier alpha value is -4.24. The number of halogens is 1. The van der Waals surface area contributed by atoms with Crippen LogP contribution in [0.15, 0.2) is 66.9 Å². The first-order chi connectivity index (χ1) is 20.0. The number of rotatable bonds is 7. The van der Waals surface area contributed by atoms with Gasteiger partial charge in [0.05, 0.1) is 37.1 Å². The molecule has 2 aliphatic rings. The quantitative estimate of drug-likeness (QED) is 0.306. The van der Waals surface area contributed by atoms with Gasteiger partial charge < -0.3 is 24.5 Å². The maximum absolute atomic E-state index is 14.3. The van der Waals surface area contributed by atoms with E-state index in [0.717, 1.165) is 34.7 Å². The Balaban J connectivity index is 1.41. The van der Waals surface area contributed by atoms with Crippen LogP contribution in [-0.2, 0) is 13.1 Å². The van der Waals surface area contributed by atoms with Gasteiger partial charge in [-0.2, -0.15) is 0 Å². The van der Waals surface area contributed by atoms with Crippen LogP contribution in [0.2, 0.25) is 0 Å². The summed E-state index contributed by atoms with van der Waals surface area (Å²) < 4.78 is 24.7. The van der Waals surface area contributed by atoms with Crippen molar-refractivity contribution in [3.05, 3.63) is 78.1 Å². The zero-order chi connectivity index (χ0) is 28.1. The minimum Gasteiger partial charge on any atom is -0.494 e. The SMILES string of the molecule is COc1cc(C(=O)N2C[C@H](N)C[C@@H](F)C2)cc2nc(-c3cc4ccccc4n3CC3CC3)n(Cc3ccccn3)c12. The Bertz CT molecular complexity index is 1730. The molecule has 7 rings (SSSR count). The number of nitrogens with two attached hydrogens (primary N) is 1. The van der Waals surface area contributed by atoms with Gasteiger partial charge in [0, 0.05) is 41.8 Å². The third kappa shape index (κ3) is 4.84. The smallest absolute Gasteiger partial charge is 0.254 e. The van der Waals surface area contributed by atoms with Crippen LogP contribution in [0.5, 0.6) is 5.75 Å². The molecule has 2 fully saturated rings. The number of amides is 1. The second-order valence-corrected chi connectivity index (χ2v) is 11.3. The summed E-state index contributed by atoms with van der Waals surface area (Å²) in [6.45, 7) is 1.76. The second kappa shape index (κ2) is 10.3. The van der Waals surface area contributed by atoms with Gasteiger partial charge in [-0.05, 0) is 61.6 Å². The van der Waals surface area contributed by atoms with E-state index >= 15 is 0 Å². The molecular weight excluding hydrogens is 519 g/mol. The van der Waals surface area contributed by atoms with E-state index < -0.39 is 6.17 Å². The van der Waals surface area contributed by atoms with Crippen LogP contribution in [0.1, 0.15) is 35.3 Å². The number of likely N-dealkylation sites (tertiary alicyclic amines) is 1. The summed E-state index contributed by atoms with van der Waals surface area (Å²) in [5, 5.41) is 1.16. The number of nitrogens with zero attached hydrogens (tertiary/aromatic N) is 5. The molecule has 3 aromatic heterocycles. The van der Waals surface area contributed by atoms with E-state index in [1.165, 1.54) is 23.3 Å². The fourth-order valence-electron chi connectivity index (χ4n) is 6.09. The lowest BCUT2D eigenvalue weighted by Crippen LogP contribution is -2.50. The molecule has 1 saturated heterocycles. The van der Waals surface area contributed by atoms with E-state index in [1.807, 2.05) is 18.2 Å². The van der Waals surface area contributed by atoms with E-state index in [1.54, 1.807) is 25.4 Å². The lowest BCUT2D eigenvalue weighted by atomic mass is 10.0. The molecule has 5 aromatic rings. The van der Waals surface area contributed by atoms with E-state index in [9.17, 15) is 9.18 Å². The molecule has 1 aliphatic heterocycles. The summed E-state index contributed by atoms with van der Waals surface area (Å²) in [5.74, 6) is 1.71. The number of benzene rings is 2. The third-order valence-electron chi connectivity index (χ3n) is 8.22. The normalized spacial score (nSPS) is 19.2. The van der Waals surface area contributed by atoms with Gasteiger partial charge in [0.2, 0.25) is 0 Å². The molecule has 1 saturated carbocycles. The number of carbonyl (C=O) groups is 1. The van der Waals surface area contributed by atoms with Gasteiger partial charge in [0.15, 0.2) is 5.82 Å². The van der Waals surface area contributed by atoms with E-state index in [-0.39, 0.29) is 24.9 Å². The van der Waals surface area contributed by atoms with Gasteiger partial charge >= 0.3 is 0 Å². The largest absolute Gasteiger partial charge is 0.494 e. The maximum atomic E-state index is 14.3. The van der Waals surface area contributed by atoms with Crippen LogP contribution in [-0.4, -0.2) is 62.3 Å². The molecule has 41 heavy (non-hydrogen) atoms. The Kier molecular flexibility index (Phi) is 6.46. The average molecular weight is 553 g/mol. The number of fused-ring (bicyclic) bond motifs is 2. The van der Waals surface area contributed by atoms with Crippen molar-refractivity contribution in [1.82, 2.24) is 24.0 Å². The van der Waals surface area contributed by atoms with Gasteiger partial charge in [-0.15, -0.1) is 0 Å². The highest BCUT2D eigenvalue weighted by Crippen LogP contribution is 2.38. The standard InChI is InChI=1S/C32H33FN6O2/c1-41-29-14-22(32(40)37-17-23(33)15-24(34)18-37)12-26-30(29)39(19-25-7-4-5-11-35-25)31(36-26)28-13-21-6-2-3-8-27(21)38(28)16-20-9-10-20/h2-8,11-14,20,23-24H,9-10,15-19,34H2,1H3/t23-,24-/m1/s1. The van der Waals surface area contributed by atoms with Crippen molar-refractivity contribution in [2.75, 3.05) is 20.2 Å². The summed E-state index contributed by atoms with van der Waals surface area (Å²) in [5.41, 5.74) is 10.9. The van der Waals surface area contributed by atoms with Gasteiger partial charge in [-0.3, -0.25) is 9.78 Å². The number of imidazole rings is 1. The van der Waals surface area contributed by atoms with Gasteiger partial charge in [0.25, 0.3) is 5.91 Å². The number of hydrogen-bond acceptors (Lipinski definition) is 5. The minimum atomic E-state index is -1.13. The minimum absolute atomic E-state index is 0.0352. The summed E-state index contributed by atoms with van der Waals surface area (Å²) in [7, 11) is 1.60. The molecule has 1 amide bonds. The van der Waals surface area contributed by atoms with Crippen molar-refractivity contribution in [3.8, 4) is 17.3 Å². The van der Waals surface area contributed by atoms with Crippen molar-refractivity contribution in [2.24, 2.45) is 11.7 Å². The molecule has 2 aromatic carbocycles. The van der Waals surface area contributed by atoms with E-state index in [0.29, 0.717) is 35.8 Å². The summed E-state index contributed by atoms with van der Waals surface area (Å²) in [6.07, 6.45) is 3.38.